The lowest BCUT2D eigenvalue weighted by Crippen LogP contribution is -2.25. The lowest BCUT2D eigenvalue weighted by atomic mass is 10.1. The molecule has 0 unspecified atom stereocenters. The summed E-state index contributed by atoms with van der Waals surface area (Å²) in [4.78, 5) is 13.0. The number of ether oxygens (including phenoxy) is 1. The molecule has 3 aromatic carbocycles. The standard InChI is InChI=1S/C23H20Cl2N2O4S/c24-17-8-6-16(7-9-17)15-31-22-5-2-1-4-19(22)23(28)26-21-14-18(10-11-20(21)25)27-12-3-13-32(27,29)30/h1-2,4-11,14H,3,12-13,15H2,(H,26,28). The Morgan fingerprint density at radius 3 is 2.50 bits per heavy atom. The van der Waals surface area contributed by atoms with Crippen molar-refractivity contribution in [2.75, 3.05) is 21.9 Å². The van der Waals surface area contributed by atoms with E-state index in [0.717, 1.165) is 5.56 Å². The van der Waals surface area contributed by atoms with E-state index in [1.54, 1.807) is 54.6 Å². The van der Waals surface area contributed by atoms with Gasteiger partial charge >= 0.3 is 0 Å². The van der Waals surface area contributed by atoms with E-state index in [1.807, 2.05) is 12.1 Å². The second-order valence-electron chi connectivity index (χ2n) is 7.27. The van der Waals surface area contributed by atoms with Gasteiger partial charge in [0.15, 0.2) is 0 Å². The van der Waals surface area contributed by atoms with Gasteiger partial charge in [-0.25, -0.2) is 8.42 Å². The number of carbonyl (C=O) groups is 1. The highest BCUT2D eigenvalue weighted by atomic mass is 35.5. The number of amides is 1. The summed E-state index contributed by atoms with van der Waals surface area (Å²) >= 11 is 12.2. The Morgan fingerprint density at radius 1 is 1.03 bits per heavy atom. The fraction of sp³-hybridized carbons (Fsp3) is 0.174. The quantitative estimate of drug-likeness (QED) is 0.504. The van der Waals surface area contributed by atoms with Crippen molar-refractivity contribution in [2.24, 2.45) is 0 Å². The van der Waals surface area contributed by atoms with Crippen LogP contribution in [0.3, 0.4) is 0 Å². The molecule has 0 atom stereocenters. The highest BCUT2D eigenvalue weighted by Gasteiger charge is 2.29. The summed E-state index contributed by atoms with van der Waals surface area (Å²) in [5.74, 6) is 0.102. The molecule has 1 saturated heterocycles. The Balaban J connectivity index is 1.53. The van der Waals surface area contributed by atoms with Gasteiger partial charge in [0.1, 0.15) is 12.4 Å². The number of rotatable bonds is 6. The molecule has 1 heterocycles. The van der Waals surface area contributed by atoms with Crippen molar-refractivity contribution in [3.63, 3.8) is 0 Å². The van der Waals surface area contributed by atoms with Gasteiger partial charge in [0.25, 0.3) is 5.91 Å². The number of hydrogen-bond acceptors (Lipinski definition) is 4. The molecular weight excluding hydrogens is 471 g/mol. The Kier molecular flexibility index (Phi) is 6.60. The van der Waals surface area contributed by atoms with Gasteiger partial charge in [-0.2, -0.15) is 0 Å². The third-order valence-corrected chi connectivity index (χ3v) is 7.48. The number of benzene rings is 3. The first-order valence-corrected chi connectivity index (χ1v) is 12.3. The number of halogens is 2. The summed E-state index contributed by atoms with van der Waals surface area (Å²) in [5.41, 5.74) is 2.03. The van der Waals surface area contributed by atoms with Crippen molar-refractivity contribution in [3.05, 3.63) is 87.9 Å². The molecule has 1 amide bonds. The lowest BCUT2D eigenvalue weighted by molar-refractivity contribution is 0.102. The predicted octanol–water partition coefficient (Wildman–Crippen LogP) is 5.36. The molecule has 0 bridgehead atoms. The summed E-state index contributed by atoms with van der Waals surface area (Å²) in [5, 5.41) is 3.71. The molecule has 32 heavy (non-hydrogen) atoms. The SMILES string of the molecule is O=C(Nc1cc(N2CCCS2(=O)=O)ccc1Cl)c1ccccc1OCc1ccc(Cl)cc1. The average Bonchev–Trinajstić information content (AvgIpc) is 3.14. The van der Waals surface area contributed by atoms with Crippen LogP contribution >= 0.6 is 23.2 Å². The number of nitrogens with zero attached hydrogens (tertiary/aromatic N) is 1. The molecule has 1 aliphatic rings. The van der Waals surface area contributed by atoms with Crippen LogP contribution in [-0.2, 0) is 16.6 Å². The van der Waals surface area contributed by atoms with Gasteiger partial charge in [0.05, 0.1) is 27.7 Å². The van der Waals surface area contributed by atoms with Crippen LogP contribution in [0.5, 0.6) is 5.75 Å². The molecule has 0 aromatic heterocycles. The van der Waals surface area contributed by atoms with Crippen molar-refractivity contribution in [3.8, 4) is 5.75 Å². The average molecular weight is 491 g/mol. The zero-order valence-corrected chi connectivity index (χ0v) is 19.3. The number of para-hydroxylation sites is 1. The maximum Gasteiger partial charge on any atom is 0.259 e. The molecule has 0 aliphatic carbocycles. The molecular formula is C23H20Cl2N2O4S. The summed E-state index contributed by atoms with van der Waals surface area (Å²) in [6.45, 7) is 0.670. The van der Waals surface area contributed by atoms with E-state index in [-0.39, 0.29) is 12.4 Å². The van der Waals surface area contributed by atoms with E-state index in [2.05, 4.69) is 5.32 Å². The van der Waals surface area contributed by atoms with Gasteiger partial charge in [0.2, 0.25) is 10.0 Å². The van der Waals surface area contributed by atoms with Crippen LogP contribution in [0.4, 0.5) is 11.4 Å². The van der Waals surface area contributed by atoms with Crippen LogP contribution in [0, 0.1) is 0 Å². The van der Waals surface area contributed by atoms with E-state index in [1.165, 1.54) is 4.31 Å². The molecule has 1 N–H and O–H groups in total. The zero-order chi connectivity index (χ0) is 22.7. The Hall–Kier alpha value is -2.74. The first kappa shape index (κ1) is 22.5. The monoisotopic (exact) mass is 490 g/mol. The number of hydrogen-bond donors (Lipinski definition) is 1. The molecule has 3 aromatic rings. The van der Waals surface area contributed by atoms with Crippen LogP contribution in [-0.4, -0.2) is 26.6 Å². The molecule has 1 fully saturated rings. The predicted molar refractivity (Wildman–Crippen MR) is 127 cm³/mol. The summed E-state index contributed by atoms with van der Waals surface area (Å²) in [6, 6.07) is 18.9. The van der Waals surface area contributed by atoms with Crippen LogP contribution in [0.25, 0.3) is 0 Å². The topological polar surface area (TPSA) is 75.7 Å². The van der Waals surface area contributed by atoms with Crippen molar-refractivity contribution in [1.29, 1.82) is 0 Å². The Bertz CT molecular complexity index is 1250. The second-order valence-corrected chi connectivity index (χ2v) is 10.1. The fourth-order valence-electron chi connectivity index (χ4n) is 3.41. The van der Waals surface area contributed by atoms with E-state index < -0.39 is 15.9 Å². The first-order chi connectivity index (χ1) is 15.3. The van der Waals surface area contributed by atoms with E-state index in [4.69, 9.17) is 27.9 Å². The highest BCUT2D eigenvalue weighted by Crippen LogP contribution is 2.32. The van der Waals surface area contributed by atoms with Gasteiger partial charge in [-0.15, -0.1) is 0 Å². The van der Waals surface area contributed by atoms with Crippen LogP contribution < -0.4 is 14.4 Å². The number of nitrogens with one attached hydrogen (secondary N) is 1. The first-order valence-electron chi connectivity index (χ1n) is 9.91. The third kappa shape index (κ3) is 5.01. The largest absolute Gasteiger partial charge is 0.488 e. The molecule has 4 rings (SSSR count). The molecule has 0 radical (unpaired) electrons. The van der Waals surface area contributed by atoms with Gasteiger partial charge in [-0.3, -0.25) is 9.10 Å². The number of anilines is 2. The minimum atomic E-state index is -3.34. The smallest absolute Gasteiger partial charge is 0.259 e. The maximum atomic E-state index is 13.0. The summed E-state index contributed by atoms with van der Waals surface area (Å²) in [6.07, 6.45) is 0.561. The number of carbonyl (C=O) groups excluding carboxylic acids is 1. The third-order valence-electron chi connectivity index (χ3n) is 5.02. The van der Waals surface area contributed by atoms with Crippen molar-refractivity contribution in [1.82, 2.24) is 0 Å². The van der Waals surface area contributed by atoms with E-state index >= 15 is 0 Å². The van der Waals surface area contributed by atoms with Crippen molar-refractivity contribution >= 4 is 50.5 Å². The molecule has 6 nitrogen and oxygen atoms in total. The van der Waals surface area contributed by atoms with E-state index in [9.17, 15) is 13.2 Å². The fourth-order valence-corrected chi connectivity index (χ4v) is 5.25. The van der Waals surface area contributed by atoms with Crippen LogP contribution in [0.2, 0.25) is 10.0 Å². The summed E-state index contributed by atoms with van der Waals surface area (Å²) < 4.78 is 31.7. The molecule has 9 heteroatoms. The molecule has 166 valence electrons. The van der Waals surface area contributed by atoms with E-state index in [0.29, 0.717) is 45.7 Å². The van der Waals surface area contributed by atoms with Gasteiger partial charge < -0.3 is 10.1 Å². The van der Waals surface area contributed by atoms with Crippen LogP contribution in [0.1, 0.15) is 22.3 Å². The zero-order valence-electron chi connectivity index (χ0n) is 16.9. The molecule has 0 saturated carbocycles. The molecule has 0 spiro atoms. The second kappa shape index (κ2) is 9.40. The summed E-state index contributed by atoms with van der Waals surface area (Å²) in [7, 11) is -3.34. The normalized spacial score (nSPS) is 14.9. The van der Waals surface area contributed by atoms with Gasteiger partial charge in [0, 0.05) is 11.6 Å². The highest BCUT2D eigenvalue weighted by molar-refractivity contribution is 7.93. The van der Waals surface area contributed by atoms with Crippen LogP contribution in [0.15, 0.2) is 66.7 Å². The Labute approximate surface area is 196 Å². The lowest BCUT2D eigenvalue weighted by Gasteiger charge is -2.19. The molecule has 1 aliphatic heterocycles. The number of sulfonamides is 1. The minimum absolute atomic E-state index is 0.107. The van der Waals surface area contributed by atoms with Gasteiger partial charge in [-0.05, 0) is 54.4 Å². The minimum Gasteiger partial charge on any atom is -0.488 e. The van der Waals surface area contributed by atoms with Crippen molar-refractivity contribution in [2.45, 2.75) is 13.0 Å². The van der Waals surface area contributed by atoms with Gasteiger partial charge in [-0.1, -0.05) is 47.5 Å². The maximum absolute atomic E-state index is 13.0. The van der Waals surface area contributed by atoms with Crippen molar-refractivity contribution < 1.29 is 17.9 Å². The Morgan fingerprint density at radius 2 is 1.78 bits per heavy atom.